The molecular formula is C47H30S2. The average Bonchev–Trinajstić information content (AvgIpc) is 3.78. The van der Waals surface area contributed by atoms with Gasteiger partial charge in [0.15, 0.2) is 0 Å². The lowest BCUT2D eigenvalue weighted by molar-refractivity contribution is 0.660. The van der Waals surface area contributed by atoms with Crippen LogP contribution in [0.1, 0.15) is 25.0 Å². The highest BCUT2D eigenvalue weighted by Gasteiger charge is 2.35. The fourth-order valence-corrected chi connectivity index (χ4v) is 11.3. The molecule has 11 rings (SSSR count). The molecule has 2 heterocycles. The number of hydrogen-bond acceptors (Lipinski definition) is 2. The monoisotopic (exact) mass is 658 g/mol. The summed E-state index contributed by atoms with van der Waals surface area (Å²) < 4.78 is 5.51. The van der Waals surface area contributed by atoms with Crippen LogP contribution in [0.15, 0.2) is 146 Å². The molecule has 0 radical (unpaired) electrons. The van der Waals surface area contributed by atoms with Crippen molar-refractivity contribution in [3.8, 4) is 33.4 Å². The Morgan fingerprint density at radius 3 is 1.53 bits per heavy atom. The van der Waals surface area contributed by atoms with E-state index in [1.54, 1.807) is 0 Å². The van der Waals surface area contributed by atoms with Crippen LogP contribution in [0, 0.1) is 0 Å². The molecule has 0 amide bonds. The van der Waals surface area contributed by atoms with Crippen molar-refractivity contribution >= 4 is 84.6 Å². The predicted octanol–water partition coefficient (Wildman–Crippen LogP) is 14.4. The van der Waals surface area contributed by atoms with Crippen molar-refractivity contribution in [2.75, 3.05) is 0 Å². The van der Waals surface area contributed by atoms with Gasteiger partial charge in [0, 0.05) is 36.4 Å². The van der Waals surface area contributed by atoms with E-state index in [-0.39, 0.29) is 5.41 Å². The van der Waals surface area contributed by atoms with Crippen molar-refractivity contribution < 1.29 is 0 Å². The largest absolute Gasteiger partial charge is 0.134 e. The van der Waals surface area contributed by atoms with Crippen molar-refractivity contribution in [1.82, 2.24) is 0 Å². The van der Waals surface area contributed by atoms with Crippen LogP contribution in [-0.2, 0) is 5.41 Å². The zero-order valence-electron chi connectivity index (χ0n) is 27.2. The van der Waals surface area contributed by atoms with Gasteiger partial charge in [-0.2, -0.15) is 0 Å². The van der Waals surface area contributed by atoms with Gasteiger partial charge >= 0.3 is 0 Å². The lowest BCUT2D eigenvalue weighted by atomic mass is 9.81. The third kappa shape index (κ3) is 3.73. The molecule has 0 spiro atoms. The van der Waals surface area contributed by atoms with Crippen LogP contribution < -0.4 is 0 Å². The first-order chi connectivity index (χ1) is 24.1. The maximum atomic E-state index is 2.45. The predicted molar refractivity (Wildman–Crippen MR) is 216 cm³/mol. The van der Waals surface area contributed by atoms with E-state index < -0.39 is 0 Å². The Labute approximate surface area is 292 Å². The van der Waals surface area contributed by atoms with Gasteiger partial charge in [0.05, 0.1) is 9.40 Å². The van der Waals surface area contributed by atoms with Gasteiger partial charge in [0.1, 0.15) is 0 Å². The number of rotatable bonds is 2. The van der Waals surface area contributed by atoms with Crippen LogP contribution in [0.5, 0.6) is 0 Å². The SMILES string of the molecule is CC1(C)c2ccccc2-c2cc(-c3c4ccccc4c(-c4ccc5sc6c(ccc7c8ccccc8sc76)c5c4)c4ccccc34)ccc21. The summed E-state index contributed by atoms with van der Waals surface area (Å²) in [6, 6.07) is 54.9. The van der Waals surface area contributed by atoms with E-state index in [1.807, 2.05) is 22.7 Å². The summed E-state index contributed by atoms with van der Waals surface area (Å²) in [5, 5.41) is 10.6. The Morgan fingerprint density at radius 2 is 0.857 bits per heavy atom. The number of thiophene rings is 2. The molecule has 230 valence electrons. The first kappa shape index (κ1) is 27.6. The molecule has 10 aromatic rings. The van der Waals surface area contributed by atoms with Gasteiger partial charge in [-0.3, -0.25) is 0 Å². The minimum Gasteiger partial charge on any atom is -0.134 e. The molecule has 1 aliphatic rings. The first-order valence-corrected chi connectivity index (χ1v) is 18.6. The summed E-state index contributed by atoms with van der Waals surface area (Å²) in [5.41, 5.74) is 10.7. The molecule has 1 aliphatic carbocycles. The minimum absolute atomic E-state index is 0.00826. The van der Waals surface area contributed by atoms with E-state index in [2.05, 4.69) is 159 Å². The van der Waals surface area contributed by atoms with Crippen molar-refractivity contribution in [1.29, 1.82) is 0 Å². The van der Waals surface area contributed by atoms with E-state index >= 15 is 0 Å². The van der Waals surface area contributed by atoms with Gasteiger partial charge in [-0.05, 0) is 90.3 Å². The van der Waals surface area contributed by atoms with E-state index in [0.29, 0.717) is 0 Å². The zero-order chi connectivity index (χ0) is 32.4. The molecule has 0 aliphatic heterocycles. The second-order valence-electron chi connectivity index (χ2n) is 14.0. The van der Waals surface area contributed by atoms with Crippen LogP contribution in [0.4, 0.5) is 0 Å². The summed E-state index contributed by atoms with van der Waals surface area (Å²) in [6.07, 6.45) is 0. The summed E-state index contributed by atoms with van der Waals surface area (Å²) >= 11 is 3.86. The maximum Gasteiger partial charge on any atom is 0.0534 e. The highest BCUT2D eigenvalue weighted by atomic mass is 32.1. The molecule has 8 aromatic carbocycles. The third-order valence-electron chi connectivity index (χ3n) is 11.1. The van der Waals surface area contributed by atoms with Crippen molar-refractivity contribution in [2.24, 2.45) is 0 Å². The molecule has 0 unspecified atom stereocenters. The van der Waals surface area contributed by atoms with E-state index in [1.165, 1.54) is 106 Å². The smallest absolute Gasteiger partial charge is 0.0534 e. The van der Waals surface area contributed by atoms with E-state index in [9.17, 15) is 0 Å². The molecule has 0 atom stereocenters. The average molecular weight is 659 g/mol. The Balaban J connectivity index is 1.17. The molecule has 0 fully saturated rings. The molecule has 0 saturated heterocycles. The second kappa shape index (κ2) is 9.89. The molecule has 0 N–H and O–H groups in total. The molecular weight excluding hydrogens is 629 g/mol. The van der Waals surface area contributed by atoms with E-state index in [0.717, 1.165) is 0 Å². The third-order valence-corrected chi connectivity index (χ3v) is 13.6. The summed E-state index contributed by atoms with van der Waals surface area (Å²) in [5.74, 6) is 0. The number of fused-ring (bicyclic) bond motifs is 12. The lowest BCUT2D eigenvalue weighted by Crippen LogP contribution is -2.14. The highest BCUT2D eigenvalue weighted by Crippen LogP contribution is 2.52. The second-order valence-corrected chi connectivity index (χ2v) is 16.1. The summed E-state index contributed by atoms with van der Waals surface area (Å²) in [4.78, 5) is 0. The van der Waals surface area contributed by atoms with Crippen molar-refractivity contribution in [2.45, 2.75) is 19.3 Å². The molecule has 2 heteroatoms. The maximum absolute atomic E-state index is 2.45. The fourth-order valence-electron chi connectivity index (χ4n) is 8.80. The summed E-state index contributed by atoms with van der Waals surface area (Å²) in [7, 11) is 0. The number of hydrogen-bond donors (Lipinski definition) is 0. The Bertz CT molecular complexity index is 2970. The van der Waals surface area contributed by atoms with Gasteiger partial charge in [-0.15, -0.1) is 22.7 Å². The normalized spacial score (nSPS) is 13.7. The van der Waals surface area contributed by atoms with Crippen LogP contribution in [0.2, 0.25) is 0 Å². The van der Waals surface area contributed by atoms with Crippen molar-refractivity contribution in [3.63, 3.8) is 0 Å². The topological polar surface area (TPSA) is 0 Å². The van der Waals surface area contributed by atoms with Crippen LogP contribution in [0.25, 0.3) is 95.3 Å². The summed E-state index contributed by atoms with van der Waals surface area (Å²) in [6.45, 7) is 4.71. The van der Waals surface area contributed by atoms with Crippen LogP contribution in [-0.4, -0.2) is 0 Å². The van der Waals surface area contributed by atoms with Crippen LogP contribution in [0.3, 0.4) is 0 Å². The van der Waals surface area contributed by atoms with Gasteiger partial charge in [-0.25, -0.2) is 0 Å². The molecule has 0 nitrogen and oxygen atoms in total. The molecule has 49 heavy (non-hydrogen) atoms. The van der Waals surface area contributed by atoms with Crippen LogP contribution >= 0.6 is 22.7 Å². The minimum atomic E-state index is -0.00826. The molecule has 0 saturated carbocycles. The Morgan fingerprint density at radius 1 is 0.367 bits per heavy atom. The molecule has 2 aromatic heterocycles. The molecule has 0 bridgehead atoms. The van der Waals surface area contributed by atoms with Gasteiger partial charge in [0.25, 0.3) is 0 Å². The van der Waals surface area contributed by atoms with Gasteiger partial charge in [0.2, 0.25) is 0 Å². The lowest BCUT2D eigenvalue weighted by Gasteiger charge is -2.22. The fraction of sp³-hybridized carbons (Fsp3) is 0.0638. The highest BCUT2D eigenvalue weighted by molar-refractivity contribution is 7.33. The quantitative estimate of drug-likeness (QED) is 0.162. The van der Waals surface area contributed by atoms with Crippen molar-refractivity contribution in [3.05, 3.63) is 157 Å². The zero-order valence-corrected chi connectivity index (χ0v) is 28.8. The standard InChI is InChI=1S/C47H30S2/c1-47(2)39-17-9-7-11-29(39)37-25-27(19-23-40(37)47)43-31-13-3-5-15-33(31)44(34-16-6-4-14-32(34)43)28-20-24-42-38(26-28)36-22-21-35-30-12-8-10-18-41(30)48-45(35)46(36)49-42/h3-26H,1-2H3. The number of benzene rings is 8. The van der Waals surface area contributed by atoms with E-state index in [4.69, 9.17) is 0 Å². The first-order valence-electron chi connectivity index (χ1n) is 17.0. The van der Waals surface area contributed by atoms with Gasteiger partial charge in [-0.1, -0.05) is 135 Å². The Hall–Kier alpha value is -5.28. The van der Waals surface area contributed by atoms with Gasteiger partial charge < -0.3 is 0 Å². The Kier molecular flexibility index (Phi) is 5.58.